The molecule has 1 aromatic heterocycles. The third-order valence-electron chi connectivity index (χ3n) is 7.93. The molecule has 4 aromatic rings. The number of anilines is 1. The number of ether oxygens (including phenoxy) is 2. The number of hydrogen-bond donors (Lipinski definition) is 0. The van der Waals surface area contributed by atoms with Gasteiger partial charge >= 0.3 is 0 Å². The van der Waals surface area contributed by atoms with Crippen LogP contribution in [0.4, 0.5) is 10.1 Å². The number of benzene rings is 3. The highest BCUT2D eigenvalue weighted by atomic mass is 28.3. The molecule has 1 atom stereocenters. The summed E-state index contributed by atoms with van der Waals surface area (Å²) in [6.45, 7) is 11.5. The Bertz CT molecular complexity index is 1490. The summed E-state index contributed by atoms with van der Waals surface area (Å²) in [4.78, 5) is 6.89. The molecular formula is C34H40FN3O2Si. The molecule has 0 saturated carbocycles. The number of methoxy groups -OCH3 is 1. The first-order valence-corrected chi connectivity index (χ1v) is 18.0. The zero-order valence-corrected chi connectivity index (χ0v) is 25.7. The molecular weight excluding hydrogens is 529 g/mol. The molecule has 0 radical (unpaired) electrons. The molecule has 0 N–H and O–H groups in total. The summed E-state index contributed by atoms with van der Waals surface area (Å²) in [5, 5.41) is 0. The van der Waals surface area contributed by atoms with E-state index >= 15 is 0 Å². The van der Waals surface area contributed by atoms with Gasteiger partial charge in [-0.25, -0.2) is 9.37 Å². The van der Waals surface area contributed by atoms with Crippen molar-refractivity contribution in [1.82, 2.24) is 9.55 Å². The van der Waals surface area contributed by atoms with Crippen LogP contribution in [-0.2, 0) is 23.4 Å². The lowest BCUT2D eigenvalue weighted by molar-refractivity contribution is 0.0871. The summed E-state index contributed by atoms with van der Waals surface area (Å²) < 4.78 is 27.1. The van der Waals surface area contributed by atoms with Gasteiger partial charge in [-0.1, -0.05) is 56.0 Å². The van der Waals surface area contributed by atoms with Crippen molar-refractivity contribution < 1.29 is 13.9 Å². The van der Waals surface area contributed by atoms with Crippen LogP contribution < -0.4 is 9.64 Å². The zero-order valence-electron chi connectivity index (χ0n) is 24.7. The van der Waals surface area contributed by atoms with E-state index < -0.39 is 13.6 Å². The van der Waals surface area contributed by atoms with E-state index in [-0.39, 0.29) is 5.82 Å². The third kappa shape index (κ3) is 6.63. The molecule has 0 fully saturated rings. The minimum Gasteiger partial charge on any atom is -0.497 e. The second-order valence-corrected chi connectivity index (χ2v) is 17.7. The molecule has 1 aliphatic heterocycles. The van der Waals surface area contributed by atoms with Gasteiger partial charge in [0, 0.05) is 33.1 Å². The van der Waals surface area contributed by atoms with Crippen LogP contribution in [0.25, 0.3) is 12.2 Å². The van der Waals surface area contributed by atoms with Gasteiger partial charge in [-0.3, -0.25) is 0 Å². The Labute approximate surface area is 244 Å². The molecule has 7 heteroatoms. The van der Waals surface area contributed by atoms with Gasteiger partial charge in [-0.2, -0.15) is 0 Å². The Morgan fingerprint density at radius 1 is 1.00 bits per heavy atom. The Hall–Kier alpha value is -3.68. The third-order valence-corrected chi connectivity index (χ3v) is 9.63. The highest BCUT2D eigenvalue weighted by Gasteiger charge is 2.40. The molecule has 2 heterocycles. The highest BCUT2D eigenvalue weighted by molar-refractivity contribution is 6.76. The van der Waals surface area contributed by atoms with E-state index in [1.807, 2.05) is 41.4 Å². The Morgan fingerprint density at radius 3 is 2.46 bits per heavy atom. The van der Waals surface area contributed by atoms with Gasteiger partial charge in [0.2, 0.25) is 0 Å². The normalized spacial score (nSPS) is 17.2. The standard InChI is InChI=1S/C34H40FN3O2Si/c1-34(33-17-16-32(39-2)22-27(33)18-19-38(34)31-14-11-29(35)12-15-31)28-9-6-26(7-10-28)8-13-30-23-37(24-36-30)25-40-20-21-41(3,4)5/h6-17,22-24H,18-21,25H2,1-5H3. The predicted molar refractivity (Wildman–Crippen MR) is 169 cm³/mol. The highest BCUT2D eigenvalue weighted by Crippen LogP contribution is 2.44. The largest absolute Gasteiger partial charge is 0.497 e. The van der Waals surface area contributed by atoms with E-state index in [1.165, 1.54) is 28.8 Å². The molecule has 41 heavy (non-hydrogen) atoms. The van der Waals surface area contributed by atoms with E-state index in [0.29, 0.717) is 6.73 Å². The summed E-state index contributed by atoms with van der Waals surface area (Å²) in [7, 11) is 0.615. The molecule has 0 saturated heterocycles. The maximum absolute atomic E-state index is 13.8. The average Bonchev–Trinajstić information content (AvgIpc) is 3.42. The zero-order chi connectivity index (χ0) is 29.0. The van der Waals surface area contributed by atoms with Crippen LogP contribution in [0.15, 0.2) is 79.3 Å². The fourth-order valence-corrected chi connectivity index (χ4v) is 6.24. The molecule has 5 rings (SSSR count). The molecule has 0 aliphatic carbocycles. The SMILES string of the molecule is COc1ccc2c(c1)CCN(c1ccc(F)cc1)C2(C)c1ccc(C=Cc2cn(COCC[Si](C)(C)C)cn2)cc1. The van der Waals surface area contributed by atoms with Crippen molar-refractivity contribution in [3.05, 3.63) is 113 Å². The van der Waals surface area contributed by atoms with Gasteiger partial charge in [0.25, 0.3) is 0 Å². The van der Waals surface area contributed by atoms with Crippen LogP contribution >= 0.6 is 0 Å². The summed E-state index contributed by atoms with van der Waals surface area (Å²) in [6.07, 6.45) is 8.83. The lowest BCUT2D eigenvalue weighted by atomic mass is 9.76. The van der Waals surface area contributed by atoms with Crippen molar-refractivity contribution >= 4 is 25.9 Å². The van der Waals surface area contributed by atoms with Crippen LogP contribution in [0.2, 0.25) is 25.7 Å². The van der Waals surface area contributed by atoms with Gasteiger partial charge < -0.3 is 18.9 Å². The van der Waals surface area contributed by atoms with Gasteiger partial charge in [-0.05, 0) is 84.1 Å². The van der Waals surface area contributed by atoms with Crippen molar-refractivity contribution in [2.24, 2.45) is 0 Å². The van der Waals surface area contributed by atoms with E-state index in [2.05, 4.69) is 78.9 Å². The minimum absolute atomic E-state index is 0.229. The number of aromatic nitrogens is 2. The molecule has 1 unspecified atom stereocenters. The first kappa shape index (κ1) is 28.8. The predicted octanol–water partition coefficient (Wildman–Crippen LogP) is 7.84. The van der Waals surface area contributed by atoms with Crippen molar-refractivity contribution in [3.63, 3.8) is 0 Å². The van der Waals surface area contributed by atoms with Crippen LogP contribution in [-0.4, -0.2) is 37.9 Å². The maximum Gasteiger partial charge on any atom is 0.123 e. The fraction of sp³-hybridized carbons (Fsp3) is 0.324. The number of hydrogen-bond acceptors (Lipinski definition) is 4. The Balaban J connectivity index is 1.36. The number of imidazole rings is 1. The minimum atomic E-state index is -1.09. The summed E-state index contributed by atoms with van der Waals surface area (Å²) >= 11 is 0. The molecule has 214 valence electrons. The molecule has 0 amide bonds. The lowest BCUT2D eigenvalue weighted by Gasteiger charge is -2.48. The van der Waals surface area contributed by atoms with Crippen LogP contribution in [0.5, 0.6) is 5.75 Å². The van der Waals surface area contributed by atoms with E-state index in [9.17, 15) is 4.39 Å². The summed E-state index contributed by atoms with van der Waals surface area (Å²) in [5.41, 5.74) is 6.23. The first-order chi connectivity index (χ1) is 19.7. The Kier molecular flexibility index (Phi) is 8.47. The smallest absolute Gasteiger partial charge is 0.123 e. The fourth-order valence-electron chi connectivity index (χ4n) is 5.48. The van der Waals surface area contributed by atoms with Gasteiger partial charge in [0.1, 0.15) is 18.3 Å². The second-order valence-electron chi connectivity index (χ2n) is 12.1. The van der Waals surface area contributed by atoms with E-state index in [4.69, 9.17) is 9.47 Å². The molecule has 5 nitrogen and oxygen atoms in total. The van der Waals surface area contributed by atoms with Crippen molar-refractivity contribution in [1.29, 1.82) is 0 Å². The van der Waals surface area contributed by atoms with Gasteiger partial charge in [0.05, 0.1) is 24.7 Å². The van der Waals surface area contributed by atoms with E-state index in [0.717, 1.165) is 48.3 Å². The number of halogens is 1. The van der Waals surface area contributed by atoms with E-state index in [1.54, 1.807) is 7.11 Å². The number of rotatable bonds is 10. The summed E-state index contributed by atoms with van der Waals surface area (Å²) in [5.74, 6) is 0.635. The molecule has 0 bridgehead atoms. The second kappa shape index (κ2) is 12.0. The van der Waals surface area contributed by atoms with Crippen molar-refractivity contribution in [3.8, 4) is 5.75 Å². The Morgan fingerprint density at radius 2 is 1.76 bits per heavy atom. The number of fused-ring (bicyclic) bond motifs is 1. The molecule has 1 aliphatic rings. The molecule has 3 aromatic carbocycles. The molecule has 0 spiro atoms. The first-order valence-electron chi connectivity index (χ1n) is 14.2. The number of nitrogens with zero attached hydrogens (tertiary/aromatic N) is 3. The lowest BCUT2D eigenvalue weighted by Crippen LogP contribution is -2.49. The summed E-state index contributed by atoms with van der Waals surface area (Å²) in [6, 6.07) is 23.0. The van der Waals surface area contributed by atoms with Crippen molar-refractivity contribution in [2.75, 3.05) is 25.2 Å². The monoisotopic (exact) mass is 569 g/mol. The van der Waals surface area contributed by atoms with Crippen LogP contribution in [0.3, 0.4) is 0 Å². The van der Waals surface area contributed by atoms with Crippen molar-refractivity contribution in [2.45, 2.75) is 51.3 Å². The average molecular weight is 570 g/mol. The van der Waals surface area contributed by atoms with Gasteiger partial charge in [-0.15, -0.1) is 0 Å². The van der Waals surface area contributed by atoms with Crippen LogP contribution in [0, 0.1) is 5.82 Å². The topological polar surface area (TPSA) is 39.5 Å². The van der Waals surface area contributed by atoms with Crippen LogP contribution in [0.1, 0.15) is 34.9 Å². The van der Waals surface area contributed by atoms with Gasteiger partial charge in [0.15, 0.2) is 0 Å². The quantitative estimate of drug-likeness (QED) is 0.144. The maximum atomic E-state index is 13.8.